The Morgan fingerprint density at radius 2 is 2.03 bits per heavy atom. The van der Waals surface area contributed by atoms with Gasteiger partial charge in [0.2, 0.25) is 5.95 Å². The smallest absolute Gasteiger partial charge is 0.328 e. The van der Waals surface area contributed by atoms with E-state index in [0.29, 0.717) is 25.7 Å². The van der Waals surface area contributed by atoms with E-state index < -0.39 is 22.5 Å². The Labute approximate surface area is 167 Å². The monoisotopic (exact) mass is 422 g/mol. The summed E-state index contributed by atoms with van der Waals surface area (Å²) in [5.41, 5.74) is -0.443. The Morgan fingerprint density at radius 3 is 2.72 bits per heavy atom. The van der Waals surface area contributed by atoms with E-state index >= 15 is 0 Å². The molecule has 4 rings (SSSR count). The molecule has 3 N–H and O–H groups in total. The largest absolute Gasteiger partial charge is 0.393 e. The fourth-order valence-electron chi connectivity index (χ4n) is 3.57. The molecule has 29 heavy (non-hydrogen) atoms. The van der Waals surface area contributed by atoms with Gasteiger partial charge in [-0.2, -0.15) is 9.97 Å². The van der Waals surface area contributed by atoms with Gasteiger partial charge in [0.1, 0.15) is 17.0 Å². The van der Waals surface area contributed by atoms with Crippen LogP contribution in [0.1, 0.15) is 31.7 Å². The Hall–Kier alpha value is -3.05. The normalized spacial score (nSPS) is 19.4. The fourth-order valence-corrected chi connectivity index (χ4v) is 3.78. The minimum absolute atomic E-state index is 0.0525. The summed E-state index contributed by atoms with van der Waals surface area (Å²) in [7, 11) is 0. The number of H-pyrrole nitrogens is 1. The zero-order valence-corrected chi connectivity index (χ0v) is 15.7. The zero-order chi connectivity index (χ0) is 20.7. The predicted octanol–water partition coefficient (Wildman–Crippen LogP) is 3.04. The van der Waals surface area contributed by atoms with Crippen molar-refractivity contribution < 1.29 is 14.4 Å². The van der Waals surface area contributed by atoms with Gasteiger partial charge in [-0.3, -0.25) is 14.7 Å². The van der Waals surface area contributed by atoms with E-state index in [1.54, 1.807) is 0 Å². The van der Waals surface area contributed by atoms with Gasteiger partial charge in [-0.15, -0.1) is 0 Å². The van der Waals surface area contributed by atoms with Crippen LogP contribution >= 0.6 is 11.6 Å². The predicted molar refractivity (Wildman–Crippen MR) is 103 cm³/mol. The van der Waals surface area contributed by atoms with E-state index in [-0.39, 0.29) is 39.7 Å². The SMILES string of the molecule is O=c1[nH]c2c(Cl)nc(Nc3cc(F)ccc3[N+](=O)[O-])nc2n1C1CCC(O)CC1. The first kappa shape index (κ1) is 19.3. The average molecular weight is 423 g/mol. The fraction of sp³-hybridized carbons (Fsp3) is 0.353. The maximum Gasteiger partial charge on any atom is 0.328 e. The molecule has 0 spiro atoms. The van der Waals surface area contributed by atoms with Crippen LogP contribution in [0.25, 0.3) is 11.2 Å². The second-order valence-corrected chi connectivity index (χ2v) is 7.20. The molecular formula is C17H16ClFN6O4. The third kappa shape index (κ3) is 3.66. The number of benzene rings is 1. The lowest BCUT2D eigenvalue weighted by atomic mass is 9.93. The van der Waals surface area contributed by atoms with E-state index in [9.17, 15) is 24.4 Å². The molecule has 2 heterocycles. The third-order valence-electron chi connectivity index (χ3n) is 4.96. The minimum Gasteiger partial charge on any atom is -0.393 e. The zero-order valence-electron chi connectivity index (χ0n) is 14.9. The van der Waals surface area contributed by atoms with E-state index in [2.05, 4.69) is 20.3 Å². The highest BCUT2D eigenvalue weighted by atomic mass is 35.5. The molecule has 1 fully saturated rings. The number of aliphatic hydroxyl groups is 1. The lowest BCUT2D eigenvalue weighted by molar-refractivity contribution is -0.384. The number of aromatic amines is 1. The van der Waals surface area contributed by atoms with Crippen molar-refractivity contribution in [3.8, 4) is 0 Å². The quantitative estimate of drug-likeness (QED) is 0.333. The molecule has 10 nitrogen and oxygen atoms in total. The van der Waals surface area contributed by atoms with Crippen LogP contribution in [-0.4, -0.2) is 35.7 Å². The summed E-state index contributed by atoms with van der Waals surface area (Å²) in [5, 5.41) is 23.5. The number of nitrogens with one attached hydrogen (secondary N) is 2. The second kappa shape index (κ2) is 7.41. The molecule has 12 heteroatoms. The van der Waals surface area contributed by atoms with Gasteiger partial charge in [0, 0.05) is 18.2 Å². The van der Waals surface area contributed by atoms with Gasteiger partial charge in [0.05, 0.1) is 11.0 Å². The Bertz CT molecular complexity index is 1150. The lowest BCUT2D eigenvalue weighted by Crippen LogP contribution is -2.27. The Kier molecular flexibility index (Phi) is 4.92. The lowest BCUT2D eigenvalue weighted by Gasteiger charge is -2.26. The summed E-state index contributed by atoms with van der Waals surface area (Å²) in [5.74, 6) is -0.788. The van der Waals surface area contributed by atoms with E-state index in [0.717, 1.165) is 18.2 Å². The molecule has 1 aliphatic carbocycles. The molecule has 0 radical (unpaired) electrons. The molecule has 152 valence electrons. The van der Waals surface area contributed by atoms with Crippen LogP contribution in [0, 0.1) is 15.9 Å². The van der Waals surface area contributed by atoms with Crippen LogP contribution < -0.4 is 11.0 Å². The van der Waals surface area contributed by atoms with Crippen molar-refractivity contribution >= 4 is 40.1 Å². The first-order valence-electron chi connectivity index (χ1n) is 8.90. The summed E-state index contributed by atoms with van der Waals surface area (Å²) < 4.78 is 15.0. The van der Waals surface area contributed by atoms with Gasteiger partial charge in [-0.1, -0.05) is 11.6 Å². The van der Waals surface area contributed by atoms with Gasteiger partial charge in [-0.25, -0.2) is 9.18 Å². The molecule has 0 saturated heterocycles. The molecule has 0 amide bonds. The first-order chi connectivity index (χ1) is 13.8. The molecule has 0 unspecified atom stereocenters. The van der Waals surface area contributed by atoms with Crippen molar-refractivity contribution in [2.24, 2.45) is 0 Å². The van der Waals surface area contributed by atoms with E-state index in [1.165, 1.54) is 4.57 Å². The number of fused-ring (bicyclic) bond motifs is 1. The molecular weight excluding hydrogens is 407 g/mol. The summed E-state index contributed by atoms with van der Waals surface area (Å²) in [6.45, 7) is 0. The Balaban J connectivity index is 1.78. The van der Waals surface area contributed by atoms with Gasteiger partial charge >= 0.3 is 5.69 Å². The van der Waals surface area contributed by atoms with Crippen LogP contribution in [-0.2, 0) is 0 Å². The van der Waals surface area contributed by atoms with Crippen molar-refractivity contribution in [1.29, 1.82) is 0 Å². The van der Waals surface area contributed by atoms with Gasteiger partial charge in [-0.05, 0) is 31.7 Å². The van der Waals surface area contributed by atoms with Crippen LogP contribution in [0.5, 0.6) is 0 Å². The summed E-state index contributed by atoms with van der Waals surface area (Å²) in [6, 6.07) is 2.77. The molecule has 1 saturated carbocycles. The van der Waals surface area contributed by atoms with Crippen LogP contribution in [0.2, 0.25) is 5.15 Å². The van der Waals surface area contributed by atoms with E-state index in [4.69, 9.17) is 11.6 Å². The number of rotatable bonds is 4. The standard InChI is InChI=1S/C17H16ClFN6O4/c18-14-13-15(24(17(27)21-13)9-2-4-10(26)5-3-9)23-16(22-14)20-11-7-8(19)1-6-12(11)25(28)29/h1,6-7,9-10,26H,2-5H2,(H,21,27)(H,20,22,23). The van der Waals surface area contributed by atoms with Gasteiger partial charge < -0.3 is 15.4 Å². The molecule has 1 aromatic carbocycles. The van der Waals surface area contributed by atoms with Crippen molar-refractivity contribution in [3.63, 3.8) is 0 Å². The third-order valence-corrected chi connectivity index (χ3v) is 5.23. The summed E-state index contributed by atoms with van der Waals surface area (Å²) in [6.07, 6.45) is 1.91. The highest BCUT2D eigenvalue weighted by Gasteiger charge is 2.26. The maximum atomic E-state index is 13.6. The van der Waals surface area contributed by atoms with Gasteiger partial charge in [0.15, 0.2) is 10.8 Å². The van der Waals surface area contributed by atoms with Crippen molar-refractivity contribution in [2.75, 3.05) is 5.32 Å². The number of imidazole rings is 1. The maximum absolute atomic E-state index is 13.6. The number of hydrogen-bond donors (Lipinski definition) is 3. The summed E-state index contributed by atoms with van der Waals surface area (Å²) in [4.78, 5) is 34.0. The minimum atomic E-state index is -0.676. The molecule has 3 aromatic rings. The average Bonchev–Trinajstić information content (AvgIpc) is 2.99. The number of hydrogen-bond acceptors (Lipinski definition) is 7. The molecule has 2 aromatic heterocycles. The number of nitro groups is 1. The second-order valence-electron chi connectivity index (χ2n) is 6.84. The van der Waals surface area contributed by atoms with Crippen LogP contribution in [0.4, 0.5) is 21.7 Å². The Morgan fingerprint density at radius 1 is 1.31 bits per heavy atom. The number of aromatic nitrogens is 4. The number of nitro benzene ring substituents is 1. The molecule has 0 atom stereocenters. The first-order valence-corrected chi connectivity index (χ1v) is 9.28. The molecule has 1 aliphatic rings. The highest BCUT2D eigenvalue weighted by Crippen LogP contribution is 2.32. The van der Waals surface area contributed by atoms with Crippen LogP contribution in [0.3, 0.4) is 0 Å². The number of halogens is 2. The van der Waals surface area contributed by atoms with Crippen molar-refractivity contribution in [3.05, 3.63) is 49.8 Å². The molecule has 0 bridgehead atoms. The number of nitrogens with zero attached hydrogens (tertiary/aromatic N) is 4. The highest BCUT2D eigenvalue weighted by molar-refractivity contribution is 6.33. The van der Waals surface area contributed by atoms with Crippen LogP contribution in [0.15, 0.2) is 23.0 Å². The van der Waals surface area contributed by atoms with E-state index in [1.807, 2.05) is 0 Å². The summed E-state index contributed by atoms with van der Waals surface area (Å²) >= 11 is 6.19. The molecule has 0 aliphatic heterocycles. The number of anilines is 2. The topological polar surface area (TPSA) is 139 Å². The van der Waals surface area contributed by atoms with Crippen molar-refractivity contribution in [1.82, 2.24) is 19.5 Å². The van der Waals surface area contributed by atoms with Crippen molar-refractivity contribution in [2.45, 2.75) is 37.8 Å². The van der Waals surface area contributed by atoms with Gasteiger partial charge in [0.25, 0.3) is 5.69 Å². The number of aliphatic hydroxyl groups excluding tert-OH is 1.